The second kappa shape index (κ2) is 5.80. The van der Waals surface area contributed by atoms with Gasteiger partial charge in [-0.2, -0.15) is 0 Å². The highest BCUT2D eigenvalue weighted by atomic mass is 16.4. The third-order valence-corrected chi connectivity index (χ3v) is 3.24. The van der Waals surface area contributed by atoms with Crippen molar-refractivity contribution in [2.24, 2.45) is 0 Å². The van der Waals surface area contributed by atoms with Crippen LogP contribution >= 0.6 is 0 Å². The van der Waals surface area contributed by atoms with Gasteiger partial charge in [-0.15, -0.1) is 0 Å². The topological polar surface area (TPSA) is 75.1 Å². The van der Waals surface area contributed by atoms with Gasteiger partial charge in [-0.1, -0.05) is 0 Å². The Kier molecular flexibility index (Phi) is 4.12. The number of hydrogen-bond acceptors (Lipinski definition) is 4. The average molecular weight is 249 g/mol. The molecule has 0 saturated carbocycles. The molecule has 1 heterocycles. The summed E-state index contributed by atoms with van der Waals surface area (Å²) >= 11 is 0. The van der Waals surface area contributed by atoms with Gasteiger partial charge in [0, 0.05) is 24.4 Å². The van der Waals surface area contributed by atoms with Crippen LogP contribution in [0.1, 0.15) is 42.6 Å². The molecule has 1 aromatic heterocycles. The minimum absolute atomic E-state index is 0.178. The lowest BCUT2D eigenvalue weighted by Crippen LogP contribution is -2.14. The molecule has 2 rings (SSSR count). The minimum atomic E-state index is -0.765. The van der Waals surface area contributed by atoms with E-state index in [-0.39, 0.29) is 6.42 Å². The van der Waals surface area contributed by atoms with E-state index in [1.807, 2.05) is 6.92 Å². The van der Waals surface area contributed by atoms with Crippen LogP contribution < -0.4 is 5.32 Å². The first kappa shape index (κ1) is 12.8. The Labute approximate surface area is 107 Å². The van der Waals surface area contributed by atoms with Crippen LogP contribution in [0, 0.1) is 6.92 Å². The van der Waals surface area contributed by atoms with Crippen molar-refractivity contribution in [3.05, 3.63) is 17.0 Å². The lowest BCUT2D eigenvalue weighted by atomic mass is 9.95. The maximum Gasteiger partial charge on any atom is 0.303 e. The van der Waals surface area contributed by atoms with Crippen molar-refractivity contribution in [1.82, 2.24) is 9.97 Å². The molecule has 0 fully saturated rings. The van der Waals surface area contributed by atoms with Crippen LogP contribution in [0.15, 0.2) is 0 Å². The summed E-state index contributed by atoms with van der Waals surface area (Å²) in [7, 11) is 0. The Bertz CT molecular complexity index is 446. The summed E-state index contributed by atoms with van der Waals surface area (Å²) < 4.78 is 0. The van der Waals surface area contributed by atoms with Gasteiger partial charge in [-0.05, 0) is 44.6 Å². The number of carboxylic acid groups (broad SMARTS) is 1. The largest absolute Gasteiger partial charge is 0.481 e. The average Bonchev–Trinajstić information content (AvgIpc) is 2.35. The number of carbonyl (C=O) groups is 1. The highest BCUT2D eigenvalue weighted by Crippen LogP contribution is 2.22. The van der Waals surface area contributed by atoms with Crippen molar-refractivity contribution in [3.8, 4) is 0 Å². The molecule has 98 valence electrons. The van der Waals surface area contributed by atoms with E-state index in [4.69, 9.17) is 5.11 Å². The molecule has 5 nitrogen and oxygen atoms in total. The van der Waals surface area contributed by atoms with Crippen LogP contribution in [0.3, 0.4) is 0 Å². The van der Waals surface area contributed by atoms with Crippen LogP contribution in [0.5, 0.6) is 0 Å². The highest BCUT2D eigenvalue weighted by molar-refractivity contribution is 5.66. The zero-order valence-corrected chi connectivity index (χ0v) is 10.7. The van der Waals surface area contributed by atoms with Gasteiger partial charge >= 0.3 is 5.97 Å². The fraction of sp³-hybridized carbons (Fsp3) is 0.615. The Morgan fingerprint density at radius 3 is 2.89 bits per heavy atom. The van der Waals surface area contributed by atoms with E-state index >= 15 is 0 Å². The number of fused-ring (bicyclic) bond motifs is 1. The molecule has 0 radical (unpaired) electrons. The van der Waals surface area contributed by atoms with Gasteiger partial charge in [0.05, 0.1) is 0 Å². The predicted molar refractivity (Wildman–Crippen MR) is 68.8 cm³/mol. The lowest BCUT2D eigenvalue weighted by Gasteiger charge is -2.17. The van der Waals surface area contributed by atoms with Crippen molar-refractivity contribution in [1.29, 1.82) is 0 Å². The monoisotopic (exact) mass is 249 g/mol. The molecule has 0 unspecified atom stereocenters. The maximum absolute atomic E-state index is 10.4. The number of aryl methyl sites for hydroxylation is 2. The Hall–Kier alpha value is -1.65. The number of anilines is 1. The van der Waals surface area contributed by atoms with E-state index in [1.54, 1.807) is 0 Å². The number of carboxylic acids is 1. The van der Waals surface area contributed by atoms with E-state index in [1.165, 1.54) is 18.4 Å². The minimum Gasteiger partial charge on any atom is -0.481 e. The summed E-state index contributed by atoms with van der Waals surface area (Å²) in [6.45, 7) is 2.62. The third-order valence-electron chi connectivity index (χ3n) is 3.24. The molecule has 0 saturated heterocycles. The molecule has 18 heavy (non-hydrogen) atoms. The maximum atomic E-state index is 10.4. The molecular formula is C13H19N3O2. The second-order valence-corrected chi connectivity index (χ2v) is 4.69. The number of aliphatic carboxylic acids is 1. The van der Waals surface area contributed by atoms with Gasteiger partial charge in [0.1, 0.15) is 0 Å². The number of nitrogens with one attached hydrogen (secondary N) is 1. The van der Waals surface area contributed by atoms with E-state index < -0.39 is 5.97 Å². The molecule has 0 amide bonds. The van der Waals surface area contributed by atoms with Crippen LogP contribution in [0.2, 0.25) is 0 Å². The SMILES string of the molecule is Cc1nc(NCCCC(=O)O)nc2c1CCCC2. The molecular weight excluding hydrogens is 230 g/mol. The zero-order chi connectivity index (χ0) is 13.0. The molecule has 0 spiro atoms. The number of aromatic nitrogens is 2. The zero-order valence-electron chi connectivity index (χ0n) is 10.7. The predicted octanol–water partition coefficient (Wildman–Crippen LogP) is 1.94. The molecule has 2 N–H and O–H groups in total. The molecule has 5 heteroatoms. The van der Waals surface area contributed by atoms with E-state index in [0.29, 0.717) is 18.9 Å². The van der Waals surface area contributed by atoms with Crippen molar-refractivity contribution < 1.29 is 9.90 Å². The summed E-state index contributed by atoms with van der Waals surface area (Å²) in [5, 5.41) is 11.7. The van der Waals surface area contributed by atoms with Gasteiger partial charge in [0.25, 0.3) is 0 Å². The van der Waals surface area contributed by atoms with Gasteiger partial charge in [-0.25, -0.2) is 9.97 Å². The fourth-order valence-electron chi connectivity index (χ4n) is 2.30. The Balaban J connectivity index is 1.97. The van der Waals surface area contributed by atoms with Gasteiger partial charge in [0.15, 0.2) is 0 Å². The van der Waals surface area contributed by atoms with Gasteiger partial charge < -0.3 is 10.4 Å². The Morgan fingerprint density at radius 1 is 1.33 bits per heavy atom. The van der Waals surface area contributed by atoms with Crippen LogP contribution in [-0.2, 0) is 17.6 Å². The van der Waals surface area contributed by atoms with Crippen LogP contribution in [-0.4, -0.2) is 27.6 Å². The normalized spacial score (nSPS) is 14.1. The van der Waals surface area contributed by atoms with Crippen molar-refractivity contribution >= 4 is 11.9 Å². The number of rotatable bonds is 5. The van der Waals surface area contributed by atoms with Crippen LogP contribution in [0.25, 0.3) is 0 Å². The van der Waals surface area contributed by atoms with Gasteiger partial charge in [0.2, 0.25) is 5.95 Å². The van der Waals surface area contributed by atoms with E-state index in [2.05, 4.69) is 15.3 Å². The highest BCUT2D eigenvalue weighted by Gasteiger charge is 2.15. The molecule has 1 aliphatic carbocycles. The first-order chi connectivity index (χ1) is 8.66. The molecule has 0 atom stereocenters. The summed E-state index contributed by atoms with van der Waals surface area (Å²) in [4.78, 5) is 19.4. The van der Waals surface area contributed by atoms with E-state index in [9.17, 15) is 4.79 Å². The molecule has 0 aromatic carbocycles. The van der Waals surface area contributed by atoms with Gasteiger partial charge in [-0.3, -0.25) is 4.79 Å². The lowest BCUT2D eigenvalue weighted by molar-refractivity contribution is -0.137. The standard InChI is InChI=1S/C13H19N3O2/c1-9-10-5-2-3-6-11(10)16-13(15-9)14-8-4-7-12(17)18/h2-8H2,1H3,(H,17,18)(H,14,15,16). The Morgan fingerprint density at radius 2 is 2.11 bits per heavy atom. The quantitative estimate of drug-likeness (QED) is 0.780. The van der Waals surface area contributed by atoms with E-state index in [0.717, 1.165) is 24.2 Å². The summed E-state index contributed by atoms with van der Waals surface area (Å²) in [6.07, 6.45) is 5.30. The molecule has 0 bridgehead atoms. The first-order valence-corrected chi connectivity index (χ1v) is 6.49. The first-order valence-electron chi connectivity index (χ1n) is 6.49. The molecule has 1 aromatic rings. The summed E-state index contributed by atoms with van der Waals surface area (Å²) in [5.41, 5.74) is 3.52. The van der Waals surface area contributed by atoms with Crippen molar-refractivity contribution in [2.45, 2.75) is 45.4 Å². The van der Waals surface area contributed by atoms with Crippen molar-refractivity contribution in [3.63, 3.8) is 0 Å². The fourth-order valence-corrected chi connectivity index (χ4v) is 2.30. The molecule has 0 aliphatic heterocycles. The second-order valence-electron chi connectivity index (χ2n) is 4.69. The summed E-state index contributed by atoms with van der Waals surface area (Å²) in [6, 6.07) is 0. The molecule has 1 aliphatic rings. The van der Waals surface area contributed by atoms with Crippen molar-refractivity contribution in [2.75, 3.05) is 11.9 Å². The number of hydrogen-bond donors (Lipinski definition) is 2. The third kappa shape index (κ3) is 3.18. The smallest absolute Gasteiger partial charge is 0.303 e. The van der Waals surface area contributed by atoms with Crippen LogP contribution in [0.4, 0.5) is 5.95 Å². The summed E-state index contributed by atoms with van der Waals surface area (Å²) in [5.74, 6) is -0.127. The number of nitrogens with zero attached hydrogens (tertiary/aromatic N) is 2.